The molecule has 0 saturated heterocycles. The highest BCUT2D eigenvalue weighted by Gasteiger charge is 2.10. The van der Waals surface area contributed by atoms with E-state index in [-0.39, 0.29) is 11.4 Å². The van der Waals surface area contributed by atoms with Crippen LogP contribution in [0.2, 0.25) is 0 Å². The molecule has 102 valence electrons. The highest BCUT2D eigenvalue weighted by Crippen LogP contribution is 2.13. The molecule has 0 fully saturated rings. The van der Waals surface area contributed by atoms with Gasteiger partial charge in [-0.3, -0.25) is 9.36 Å². The zero-order valence-corrected chi connectivity index (χ0v) is 11.9. The topological polar surface area (TPSA) is 88.0 Å². The number of aromatic nitrogens is 3. The van der Waals surface area contributed by atoms with Gasteiger partial charge in [-0.25, -0.2) is 9.89 Å². The fourth-order valence-corrected chi connectivity index (χ4v) is 2.62. The van der Waals surface area contributed by atoms with Gasteiger partial charge in [0, 0.05) is 6.54 Å². The van der Waals surface area contributed by atoms with E-state index in [0.29, 0.717) is 11.7 Å². The van der Waals surface area contributed by atoms with E-state index in [4.69, 9.17) is 5.11 Å². The number of thioether (sulfide) groups is 2. The molecule has 0 aromatic carbocycles. The van der Waals surface area contributed by atoms with Crippen molar-refractivity contribution in [2.24, 2.45) is 0 Å². The number of unbranched alkanes of at least 4 members (excludes halogenated alkanes) is 2. The summed E-state index contributed by atoms with van der Waals surface area (Å²) >= 11 is 2.87. The van der Waals surface area contributed by atoms with Crippen LogP contribution in [-0.2, 0) is 11.3 Å². The van der Waals surface area contributed by atoms with Crippen molar-refractivity contribution in [3.63, 3.8) is 0 Å². The molecule has 1 heterocycles. The van der Waals surface area contributed by atoms with Crippen LogP contribution in [0.15, 0.2) is 9.95 Å². The van der Waals surface area contributed by atoms with Gasteiger partial charge in [-0.1, -0.05) is 18.2 Å². The molecule has 6 nitrogen and oxygen atoms in total. The van der Waals surface area contributed by atoms with Crippen LogP contribution >= 0.6 is 23.5 Å². The molecule has 0 aliphatic heterocycles. The number of carboxylic acid groups (broad SMARTS) is 1. The lowest BCUT2D eigenvalue weighted by molar-refractivity contribution is -0.133. The molecule has 8 heteroatoms. The molecule has 1 aromatic heterocycles. The standard InChI is InChI=1S/C10H17N3O3S2/c1-17-6-4-2-3-5-13-9(16)11-12-10(13)18-7-8(14)15/h2-7H2,1H3,(H,11,16)(H,14,15). The SMILES string of the molecule is CSCCCCCn1c(SCC(=O)O)n[nH]c1=O. The molecule has 0 atom stereocenters. The van der Waals surface area contributed by atoms with Gasteiger partial charge in [0.2, 0.25) is 0 Å². The fraction of sp³-hybridized carbons (Fsp3) is 0.700. The molecule has 0 saturated carbocycles. The second-order valence-corrected chi connectivity index (χ2v) is 5.63. The highest BCUT2D eigenvalue weighted by molar-refractivity contribution is 7.99. The zero-order chi connectivity index (χ0) is 13.4. The molecule has 1 rings (SSSR count). The third kappa shape index (κ3) is 5.18. The number of H-pyrrole nitrogens is 1. The van der Waals surface area contributed by atoms with Crippen molar-refractivity contribution in [3.05, 3.63) is 10.5 Å². The summed E-state index contributed by atoms with van der Waals surface area (Å²) in [6.07, 6.45) is 5.16. The van der Waals surface area contributed by atoms with Crippen molar-refractivity contribution in [3.8, 4) is 0 Å². The van der Waals surface area contributed by atoms with Crippen LogP contribution in [0.1, 0.15) is 19.3 Å². The minimum absolute atomic E-state index is 0.0865. The van der Waals surface area contributed by atoms with Crippen molar-refractivity contribution >= 4 is 29.5 Å². The number of carbonyl (C=O) groups is 1. The van der Waals surface area contributed by atoms with Crippen LogP contribution in [0.3, 0.4) is 0 Å². The summed E-state index contributed by atoms with van der Waals surface area (Å²) in [6, 6.07) is 0. The Morgan fingerprint density at radius 2 is 2.22 bits per heavy atom. The lowest BCUT2D eigenvalue weighted by Crippen LogP contribution is -2.18. The van der Waals surface area contributed by atoms with E-state index in [1.165, 1.54) is 4.57 Å². The summed E-state index contributed by atoms with van der Waals surface area (Å²) in [5, 5.41) is 15.2. The van der Waals surface area contributed by atoms with E-state index in [2.05, 4.69) is 16.5 Å². The second kappa shape index (κ2) is 8.25. The van der Waals surface area contributed by atoms with Crippen molar-refractivity contribution in [1.29, 1.82) is 0 Å². The van der Waals surface area contributed by atoms with Gasteiger partial charge in [0.05, 0.1) is 5.75 Å². The molecule has 0 amide bonds. The van der Waals surface area contributed by atoms with E-state index in [0.717, 1.165) is 36.8 Å². The Bertz CT molecular complexity index is 430. The monoisotopic (exact) mass is 291 g/mol. The van der Waals surface area contributed by atoms with Gasteiger partial charge < -0.3 is 5.11 Å². The number of hydrogen-bond donors (Lipinski definition) is 2. The van der Waals surface area contributed by atoms with Gasteiger partial charge in [0.25, 0.3) is 0 Å². The predicted molar refractivity (Wildman–Crippen MR) is 73.4 cm³/mol. The minimum atomic E-state index is -0.915. The first-order valence-electron chi connectivity index (χ1n) is 5.64. The number of rotatable bonds is 9. The maximum absolute atomic E-state index is 11.5. The summed E-state index contributed by atoms with van der Waals surface area (Å²) in [4.78, 5) is 22.0. The average molecular weight is 291 g/mol. The number of aromatic amines is 1. The molecule has 18 heavy (non-hydrogen) atoms. The molecule has 0 unspecified atom stereocenters. The quantitative estimate of drug-likeness (QED) is 0.526. The maximum atomic E-state index is 11.5. The van der Waals surface area contributed by atoms with Gasteiger partial charge in [-0.15, -0.1) is 5.10 Å². The van der Waals surface area contributed by atoms with E-state index in [1.54, 1.807) is 0 Å². The summed E-state index contributed by atoms with van der Waals surface area (Å²) in [7, 11) is 0. The van der Waals surface area contributed by atoms with Crippen molar-refractivity contribution < 1.29 is 9.90 Å². The Hall–Kier alpha value is -0.890. The van der Waals surface area contributed by atoms with Crippen molar-refractivity contribution in [1.82, 2.24) is 14.8 Å². The third-order valence-corrected chi connectivity index (χ3v) is 3.94. The number of hydrogen-bond acceptors (Lipinski definition) is 5. The van der Waals surface area contributed by atoms with Gasteiger partial charge in [-0.05, 0) is 24.9 Å². The Kier molecular flexibility index (Phi) is 6.96. The van der Waals surface area contributed by atoms with Gasteiger partial charge in [0.15, 0.2) is 5.16 Å². The molecular formula is C10H17N3O3S2. The first-order chi connectivity index (χ1) is 8.65. The Morgan fingerprint density at radius 3 is 2.89 bits per heavy atom. The molecule has 0 spiro atoms. The summed E-state index contributed by atoms with van der Waals surface area (Å²) < 4.78 is 1.51. The largest absolute Gasteiger partial charge is 0.481 e. The van der Waals surface area contributed by atoms with Gasteiger partial charge in [0.1, 0.15) is 0 Å². The highest BCUT2D eigenvalue weighted by atomic mass is 32.2. The molecule has 0 aliphatic carbocycles. The number of carboxylic acids is 1. The molecular weight excluding hydrogens is 274 g/mol. The summed E-state index contributed by atoms with van der Waals surface area (Å²) in [5.74, 6) is 0.125. The van der Waals surface area contributed by atoms with E-state index >= 15 is 0 Å². The van der Waals surface area contributed by atoms with Gasteiger partial charge in [-0.2, -0.15) is 11.8 Å². The second-order valence-electron chi connectivity index (χ2n) is 3.70. The van der Waals surface area contributed by atoms with Crippen LogP contribution in [0.4, 0.5) is 0 Å². The Balaban J connectivity index is 2.45. The molecule has 2 N–H and O–H groups in total. The lowest BCUT2D eigenvalue weighted by atomic mass is 10.2. The Labute approximate surface area is 114 Å². The lowest BCUT2D eigenvalue weighted by Gasteiger charge is -2.04. The normalized spacial score (nSPS) is 10.7. The van der Waals surface area contributed by atoms with Crippen LogP contribution in [0.25, 0.3) is 0 Å². The van der Waals surface area contributed by atoms with Crippen LogP contribution in [-0.4, -0.2) is 43.6 Å². The number of aliphatic carboxylic acids is 1. The van der Waals surface area contributed by atoms with Crippen LogP contribution < -0.4 is 5.69 Å². The molecule has 0 bridgehead atoms. The average Bonchev–Trinajstić information content (AvgIpc) is 2.68. The van der Waals surface area contributed by atoms with Crippen LogP contribution in [0.5, 0.6) is 0 Å². The number of nitrogens with one attached hydrogen (secondary N) is 1. The maximum Gasteiger partial charge on any atom is 0.343 e. The smallest absolute Gasteiger partial charge is 0.343 e. The first-order valence-corrected chi connectivity index (χ1v) is 8.02. The third-order valence-electron chi connectivity index (χ3n) is 2.28. The van der Waals surface area contributed by atoms with E-state index < -0.39 is 5.97 Å². The summed E-state index contributed by atoms with van der Waals surface area (Å²) in [5.41, 5.74) is -0.271. The molecule has 1 aromatic rings. The summed E-state index contributed by atoms with van der Waals surface area (Å²) in [6.45, 7) is 0.589. The van der Waals surface area contributed by atoms with E-state index in [1.807, 2.05) is 11.8 Å². The van der Waals surface area contributed by atoms with Crippen LogP contribution in [0, 0.1) is 0 Å². The van der Waals surface area contributed by atoms with Gasteiger partial charge >= 0.3 is 11.7 Å². The first kappa shape index (κ1) is 15.2. The minimum Gasteiger partial charge on any atom is -0.481 e. The fourth-order valence-electron chi connectivity index (χ4n) is 1.43. The predicted octanol–water partition coefficient (Wildman–Crippen LogP) is 1.28. The molecule has 0 aliphatic rings. The van der Waals surface area contributed by atoms with Crippen molar-refractivity contribution in [2.45, 2.75) is 31.0 Å². The Morgan fingerprint density at radius 1 is 1.44 bits per heavy atom. The zero-order valence-electron chi connectivity index (χ0n) is 10.2. The molecule has 0 radical (unpaired) electrons. The van der Waals surface area contributed by atoms with Crippen molar-refractivity contribution in [2.75, 3.05) is 17.8 Å². The van der Waals surface area contributed by atoms with E-state index in [9.17, 15) is 9.59 Å². The number of nitrogens with zero attached hydrogens (tertiary/aromatic N) is 2.